The molecule has 0 saturated heterocycles. The van der Waals surface area contributed by atoms with E-state index in [-0.39, 0.29) is 12.5 Å². The Morgan fingerprint density at radius 1 is 1.05 bits per heavy atom. The smallest absolute Gasteiger partial charge is 0.243 e. The van der Waals surface area contributed by atoms with Crippen molar-refractivity contribution < 1.29 is 4.79 Å². The molecular formula is C15H13Br3N2O. The summed E-state index contributed by atoms with van der Waals surface area (Å²) in [4.78, 5) is 11.9. The largest absolute Gasteiger partial charge is 0.374 e. The third-order valence-electron chi connectivity index (χ3n) is 2.77. The molecule has 0 atom stereocenters. The summed E-state index contributed by atoms with van der Waals surface area (Å²) in [6.07, 6.45) is 0. The lowest BCUT2D eigenvalue weighted by atomic mass is 10.2. The van der Waals surface area contributed by atoms with Crippen LogP contribution in [0.3, 0.4) is 0 Å². The molecule has 1 amide bonds. The van der Waals surface area contributed by atoms with Gasteiger partial charge in [0.2, 0.25) is 5.91 Å². The Kier molecular flexibility index (Phi) is 5.84. The van der Waals surface area contributed by atoms with E-state index in [0.29, 0.717) is 0 Å². The molecule has 0 radical (unpaired) electrons. The van der Waals surface area contributed by atoms with Gasteiger partial charge in [0.05, 0.1) is 12.2 Å². The standard InChI is InChI=1S/C15H13Br3N2O/c1-9-2-4-11(5-3-9)20-14(21)8-19-15-12(17)6-10(16)7-13(15)18/h2-7,19H,8H2,1H3,(H,20,21). The van der Waals surface area contributed by atoms with Gasteiger partial charge in [0.1, 0.15) is 0 Å². The van der Waals surface area contributed by atoms with E-state index < -0.39 is 0 Å². The predicted octanol–water partition coefficient (Wildman–Crippen LogP) is 5.33. The molecule has 3 nitrogen and oxygen atoms in total. The van der Waals surface area contributed by atoms with Crippen LogP contribution in [0.15, 0.2) is 49.8 Å². The van der Waals surface area contributed by atoms with Gasteiger partial charge in [0.15, 0.2) is 0 Å². The molecule has 2 N–H and O–H groups in total. The van der Waals surface area contributed by atoms with E-state index in [1.807, 2.05) is 43.3 Å². The van der Waals surface area contributed by atoms with Crippen molar-refractivity contribution in [3.8, 4) is 0 Å². The topological polar surface area (TPSA) is 41.1 Å². The number of rotatable bonds is 4. The van der Waals surface area contributed by atoms with Crippen molar-refractivity contribution in [1.29, 1.82) is 0 Å². The fourth-order valence-corrected chi connectivity index (χ4v) is 4.26. The molecule has 0 bridgehead atoms. The summed E-state index contributed by atoms with van der Waals surface area (Å²) in [5.41, 5.74) is 2.80. The normalized spacial score (nSPS) is 10.3. The quantitative estimate of drug-likeness (QED) is 0.626. The summed E-state index contributed by atoms with van der Waals surface area (Å²) in [6, 6.07) is 11.5. The summed E-state index contributed by atoms with van der Waals surface area (Å²) in [5, 5.41) is 5.96. The van der Waals surface area contributed by atoms with Crippen LogP contribution in [-0.2, 0) is 4.79 Å². The van der Waals surface area contributed by atoms with E-state index in [1.165, 1.54) is 0 Å². The number of halogens is 3. The van der Waals surface area contributed by atoms with E-state index in [2.05, 4.69) is 58.4 Å². The molecule has 0 heterocycles. The molecular weight excluding hydrogens is 464 g/mol. The van der Waals surface area contributed by atoms with Gasteiger partial charge in [-0.05, 0) is 63.0 Å². The number of amides is 1. The fourth-order valence-electron chi connectivity index (χ4n) is 1.72. The van der Waals surface area contributed by atoms with Crippen molar-refractivity contribution in [3.63, 3.8) is 0 Å². The Balaban J connectivity index is 1.97. The van der Waals surface area contributed by atoms with Gasteiger partial charge >= 0.3 is 0 Å². The summed E-state index contributed by atoms with van der Waals surface area (Å²) >= 11 is 10.3. The van der Waals surface area contributed by atoms with Crippen LogP contribution in [0.25, 0.3) is 0 Å². The average Bonchev–Trinajstić information content (AvgIpc) is 2.40. The number of benzene rings is 2. The average molecular weight is 477 g/mol. The van der Waals surface area contributed by atoms with E-state index in [4.69, 9.17) is 0 Å². The Bertz CT molecular complexity index is 633. The molecule has 0 fully saturated rings. The maximum absolute atomic E-state index is 11.9. The number of aryl methyl sites for hydroxylation is 1. The van der Waals surface area contributed by atoms with Crippen LogP contribution in [0.2, 0.25) is 0 Å². The molecule has 6 heteroatoms. The summed E-state index contributed by atoms with van der Waals surface area (Å²) in [5.74, 6) is -0.0967. The lowest BCUT2D eigenvalue weighted by molar-refractivity contribution is -0.114. The van der Waals surface area contributed by atoms with Gasteiger partial charge in [-0.1, -0.05) is 33.6 Å². The molecule has 0 aromatic heterocycles. The molecule has 2 rings (SSSR count). The zero-order valence-corrected chi connectivity index (χ0v) is 16.0. The first-order chi connectivity index (χ1) is 9.95. The first-order valence-electron chi connectivity index (χ1n) is 6.20. The van der Waals surface area contributed by atoms with Crippen molar-refractivity contribution in [1.82, 2.24) is 0 Å². The van der Waals surface area contributed by atoms with Gasteiger partial charge in [-0.2, -0.15) is 0 Å². The molecule has 0 aliphatic heterocycles. The van der Waals surface area contributed by atoms with Crippen molar-refractivity contribution >= 4 is 65.1 Å². The highest BCUT2D eigenvalue weighted by atomic mass is 79.9. The van der Waals surface area contributed by atoms with Gasteiger partial charge in [-0.15, -0.1) is 0 Å². The maximum atomic E-state index is 11.9. The van der Waals surface area contributed by atoms with Gasteiger partial charge in [-0.3, -0.25) is 4.79 Å². The van der Waals surface area contributed by atoms with E-state index in [1.54, 1.807) is 0 Å². The fraction of sp³-hybridized carbons (Fsp3) is 0.133. The monoisotopic (exact) mass is 474 g/mol. The summed E-state index contributed by atoms with van der Waals surface area (Å²) < 4.78 is 2.72. The molecule has 0 aliphatic rings. The van der Waals surface area contributed by atoms with Crippen LogP contribution in [0.5, 0.6) is 0 Å². The van der Waals surface area contributed by atoms with Crippen molar-refractivity contribution in [2.75, 3.05) is 17.2 Å². The van der Waals surface area contributed by atoms with Gasteiger partial charge in [0, 0.05) is 19.1 Å². The molecule has 2 aromatic carbocycles. The minimum absolute atomic E-state index is 0.0967. The summed E-state index contributed by atoms with van der Waals surface area (Å²) in [6.45, 7) is 2.20. The van der Waals surface area contributed by atoms with Gasteiger partial charge in [0.25, 0.3) is 0 Å². The highest BCUT2D eigenvalue weighted by molar-refractivity contribution is 9.11. The number of carbonyl (C=O) groups is 1. The van der Waals surface area contributed by atoms with Crippen LogP contribution in [0.4, 0.5) is 11.4 Å². The minimum atomic E-state index is -0.0967. The first-order valence-corrected chi connectivity index (χ1v) is 8.58. The second-order valence-corrected chi connectivity index (χ2v) is 7.14. The van der Waals surface area contributed by atoms with Crippen LogP contribution >= 0.6 is 47.8 Å². The van der Waals surface area contributed by atoms with Crippen LogP contribution < -0.4 is 10.6 Å². The molecule has 0 unspecified atom stereocenters. The molecule has 0 spiro atoms. The van der Waals surface area contributed by atoms with Crippen LogP contribution in [-0.4, -0.2) is 12.5 Å². The Morgan fingerprint density at radius 2 is 1.62 bits per heavy atom. The molecule has 0 saturated carbocycles. The highest BCUT2D eigenvalue weighted by Gasteiger charge is 2.09. The zero-order chi connectivity index (χ0) is 15.4. The second-order valence-electron chi connectivity index (χ2n) is 4.51. The Morgan fingerprint density at radius 3 is 2.19 bits per heavy atom. The molecule has 110 valence electrons. The van der Waals surface area contributed by atoms with Crippen LogP contribution in [0.1, 0.15) is 5.56 Å². The zero-order valence-electron chi connectivity index (χ0n) is 11.2. The number of anilines is 2. The van der Waals surface area contributed by atoms with Crippen molar-refractivity contribution in [2.24, 2.45) is 0 Å². The Hall–Kier alpha value is -0.850. The van der Waals surface area contributed by atoms with E-state index in [0.717, 1.165) is 30.4 Å². The molecule has 21 heavy (non-hydrogen) atoms. The third-order valence-corrected chi connectivity index (χ3v) is 4.48. The first kappa shape index (κ1) is 16.5. The minimum Gasteiger partial charge on any atom is -0.374 e. The number of hydrogen-bond acceptors (Lipinski definition) is 2. The lowest BCUT2D eigenvalue weighted by Crippen LogP contribution is -2.22. The number of carbonyl (C=O) groups excluding carboxylic acids is 1. The van der Waals surface area contributed by atoms with Crippen LogP contribution in [0, 0.1) is 6.92 Å². The SMILES string of the molecule is Cc1ccc(NC(=O)CNc2c(Br)cc(Br)cc2Br)cc1. The highest BCUT2D eigenvalue weighted by Crippen LogP contribution is 2.34. The van der Waals surface area contributed by atoms with E-state index in [9.17, 15) is 4.79 Å². The number of nitrogens with one attached hydrogen (secondary N) is 2. The lowest BCUT2D eigenvalue weighted by Gasteiger charge is -2.12. The number of hydrogen-bond donors (Lipinski definition) is 2. The Labute approximate surface area is 148 Å². The van der Waals surface area contributed by atoms with Crippen molar-refractivity contribution in [3.05, 3.63) is 55.4 Å². The van der Waals surface area contributed by atoms with Crippen molar-refractivity contribution in [2.45, 2.75) is 6.92 Å². The third kappa shape index (κ3) is 4.83. The van der Waals surface area contributed by atoms with E-state index >= 15 is 0 Å². The molecule has 2 aromatic rings. The van der Waals surface area contributed by atoms with Gasteiger partial charge < -0.3 is 10.6 Å². The molecule has 0 aliphatic carbocycles. The maximum Gasteiger partial charge on any atom is 0.243 e. The van der Waals surface area contributed by atoms with Gasteiger partial charge in [-0.25, -0.2) is 0 Å². The second kappa shape index (κ2) is 7.42. The predicted molar refractivity (Wildman–Crippen MR) is 97.8 cm³/mol. The summed E-state index contributed by atoms with van der Waals surface area (Å²) in [7, 11) is 0.